The fraction of sp³-hybridized carbons (Fsp3) is 0.241. The van der Waals surface area contributed by atoms with E-state index in [2.05, 4.69) is 183 Å². The first-order valence-electron chi connectivity index (χ1n) is 23.0. The van der Waals surface area contributed by atoms with Crippen molar-refractivity contribution in [2.75, 3.05) is 16.1 Å². The molecule has 7 aromatic carbocycles. The molecule has 5 aliphatic carbocycles. The highest BCUT2D eigenvalue weighted by atomic mass is 32.2. The van der Waals surface area contributed by atoms with Gasteiger partial charge >= 0.3 is 0 Å². The molecular weight excluding hydrogens is 768 g/mol. The van der Waals surface area contributed by atoms with Gasteiger partial charge in [-0.25, -0.2) is 0 Å². The topological polar surface area (TPSA) is 6.48 Å². The van der Waals surface area contributed by atoms with Crippen LogP contribution in [-0.4, -0.2) is 13.0 Å². The Morgan fingerprint density at radius 3 is 1.97 bits per heavy atom. The van der Waals surface area contributed by atoms with Crippen LogP contribution in [0.2, 0.25) is 0 Å². The zero-order valence-electron chi connectivity index (χ0n) is 35.8. The maximum Gasteiger partial charge on any atom is 0.252 e. The Bertz CT molecular complexity index is 3360. The number of allylic oxidation sites excluding steroid dienone is 2. The lowest BCUT2D eigenvalue weighted by molar-refractivity contribution is 0.175. The van der Waals surface area contributed by atoms with Gasteiger partial charge in [-0.2, -0.15) is 0 Å². The molecule has 0 bridgehead atoms. The zero-order chi connectivity index (χ0) is 41.0. The Hall–Kier alpha value is -5.71. The third-order valence-electron chi connectivity index (χ3n) is 18.4. The number of nitrogens with zero attached hydrogens (tertiary/aromatic N) is 2. The minimum atomic E-state index is -0.231. The Morgan fingerprint density at radius 1 is 0.597 bits per heavy atom. The van der Waals surface area contributed by atoms with Crippen LogP contribution < -0.4 is 26.2 Å². The summed E-state index contributed by atoms with van der Waals surface area (Å²) in [5.41, 5.74) is 29.0. The molecule has 4 aliphatic heterocycles. The van der Waals surface area contributed by atoms with Crippen molar-refractivity contribution in [3.8, 4) is 22.3 Å². The Morgan fingerprint density at radius 2 is 1.26 bits per heavy atom. The zero-order valence-corrected chi connectivity index (χ0v) is 36.7. The highest BCUT2D eigenvalue weighted by Crippen LogP contribution is 2.91. The second kappa shape index (κ2) is 10.4. The first kappa shape index (κ1) is 33.9. The highest BCUT2D eigenvalue weighted by molar-refractivity contribution is 7.77. The molecule has 0 radical (unpaired) electrons. The average molecular weight is 814 g/mol. The summed E-state index contributed by atoms with van der Waals surface area (Å²) in [6, 6.07) is 53.0. The molecule has 4 heteroatoms. The van der Waals surface area contributed by atoms with Crippen LogP contribution in [0.4, 0.5) is 34.1 Å². The number of hydrogen-bond acceptors (Lipinski definition) is 2. The summed E-state index contributed by atoms with van der Waals surface area (Å²) in [6.07, 6.45) is 7.70. The molecular formula is C58H46BN2S+. The number of fused-ring (bicyclic) bond motifs is 16. The third-order valence-corrected chi connectivity index (χ3v) is 19.2. The van der Waals surface area contributed by atoms with E-state index in [-0.39, 0.29) is 23.0 Å². The third kappa shape index (κ3) is 3.39. The van der Waals surface area contributed by atoms with Crippen LogP contribution in [0.5, 0.6) is 0 Å². The lowest BCUT2D eigenvalue weighted by Crippen LogP contribution is -2.63. The van der Waals surface area contributed by atoms with Crippen LogP contribution in [0.3, 0.4) is 0 Å². The molecule has 0 N–H and O–H groups in total. The predicted octanol–water partition coefficient (Wildman–Crippen LogP) is 11.4. The number of benzene rings is 7. The van der Waals surface area contributed by atoms with E-state index in [1.165, 1.54) is 119 Å². The summed E-state index contributed by atoms with van der Waals surface area (Å²) >= 11 is 1.29. The number of thiol groups is 1. The number of hydrogen-bond donors (Lipinski definition) is 0. The van der Waals surface area contributed by atoms with Crippen molar-refractivity contribution < 1.29 is 0 Å². The first-order chi connectivity index (χ1) is 30.2. The van der Waals surface area contributed by atoms with Crippen LogP contribution >= 0.6 is 0 Å². The van der Waals surface area contributed by atoms with Crippen molar-refractivity contribution in [3.63, 3.8) is 0 Å². The summed E-state index contributed by atoms with van der Waals surface area (Å²) in [5.74, 6) is 2.10. The van der Waals surface area contributed by atoms with E-state index in [1.807, 2.05) is 0 Å². The van der Waals surface area contributed by atoms with Crippen molar-refractivity contribution in [1.29, 1.82) is 0 Å². The van der Waals surface area contributed by atoms with E-state index >= 15 is 0 Å². The maximum absolute atomic E-state index is 2.83. The minimum absolute atomic E-state index is 0.0365. The minimum Gasteiger partial charge on any atom is -0.311 e. The molecule has 0 saturated heterocycles. The lowest BCUT2D eigenvalue weighted by Gasteiger charge is -2.53. The van der Waals surface area contributed by atoms with E-state index in [0.29, 0.717) is 17.3 Å². The van der Waals surface area contributed by atoms with E-state index in [9.17, 15) is 0 Å². The lowest BCUT2D eigenvalue weighted by atomic mass is 9.32. The molecule has 0 amide bonds. The van der Waals surface area contributed by atoms with Gasteiger partial charge in [0.25, 0.3) is 6.71 Å². The van der Waals surface area contributed by atoms with Gasteiger partial charge in [0, 0.05) is 50.8 Å². The van der Waals surface area contributed by atoms with E-state index in [1.54, 1.807) is 22.3 Å². The van der Waals surface area contributed by atoms with Gasteiger partial charge in [-0.3, -0.25) is 0 Å². The van der Waals surface area contributed by atoms with Crippen molar-refractivity contribution >= 4 is 69.0 Å². The monoisotopic (exact) mass is 813 g/mol. The molecule has 3 fully saturated rings. The van der Waals surface area contributed by atoms with Crippen molar-refractivity contribution in [2.45, 2.75) is 61.7 Å². The predicted molar refractivity (Wildman–Crippen MR) is 260 cm³/mol. The summed E-state index contributed by atoms with van der Waals surface area (Å²) < 4.78 is 0. The molecule has 4 heterocycles. The van der Waals surface area contributed by atoms with Crippen LogP contribution in [-0.2, 0) is 28.0 Å². The van der Waals surface area contributed by atoms with Crippen molar-refractivity contribution in [1.82, 2.24) is 0 Å². The van der Waals surface area contributed by atoms with Crippen molar-refractivity contribution in [3.05, 3.63) is 178 Å². The molecule has 2 spiro atoms. The van der Waals surface area contributed by atoms with E-state index < -0.39 is 0 Å². The Kier molecular flexibility index (Phi) is 5.67. The number of para-hydroxylation sites is 3. The standard InChI is InChI=1S/C58H45BN2S/c1-55(2)37-15-8-10-19-44(37)60-46-26-32(31-21-23-34(62-5)24-22-31)27-47-52(46)59(42-18-12-17-39(55)53(42)60)43-28-40-49(51-54(43)61(47)45-20-11-9-16-38(45)56(51,3)4)35-13-6-7-14-36(35)58(40)41-25-33-29-57(50(33)41)30-48(57)58/h6-28,41,48,50H,29-30H2,1-5H3/p+1. The quantitative estimate of drug-likeness (QED) is 0.0742. The van der Waals surface area contributed by atoms with Crippen LogP contribution in [0.15, 0.2) is 150 Å². The molecule has 0 aromatic heterocycles. The van der Waals surface area contributed by atoms with Gasteiger partial charge in [0.1, 0.15) is 6.26 Å². The second-order valence-corrected chi connectivity index (χ2v) is 22.2. The number of rotatable bonds is 2. The van der Waals surface area contributed by atoms with Gasteiger partial charge < -0.3 is 9.80 Å². The maximum atomic E-state index is 2.83. The molecule has 16 rings (SSSR count). The fourth-order valence-electron chi connectivity index (χ4n) is 15.9. The van der Waals surface area contributed by atoms with Gasteiger partial charge in [-0.15, -0.1) is 0 Å². The molecule has 9 aliphatic rings. The summed E-state index contributed by atoms with van der Waals surface area (Å²) in [7, 11) is 0. The average Bonchev–Trinajstić information content (AvgIpc) is 3.95. The molecule has 62 heavy (non-hydrogen) atoms. The molecule has 7 aromatic rings. The number of anilines is 6. The summed E-state index contributed by atoms with van der Waals surface area (Å²) in [5, 5.41) is 0. The highest BCUT2D eigenvalue weighted by Gasteiger charge is 2.85. The van der Waals surface area contributed by atoms with Gasteiger partial charge in [0.2, 0.25) is 0 Å². The second-order valence-electron chi connectivity index (χ2n) is 21.3. The molecule has 296 valence electrons. The van der Waals surface area contributed by atoms with Crippen LogP contribution in [0, 0.1) is 23.2 Å². The Labute approximate surface area is 368 Å². The van der Waals surface area contributed by atoms with Gasteiger partial charge in [-0.1, -0.05) is 124 Å². The smallest absolute Gasteiger partial charge is 0.252 e. The van der Waals surface area contributed by atoms with Crippen molar-refractivity contribution in [2.24, 2.45) is 23.2 Å². The first-order valence-corrected chi connectivity index (χ1v) is 24.4. The normalized spacial score (nSPS) is 27.0. The Balaban J connectivity index is 1.08. The molecule has 5 unspecified atom stereocenters. The van der Waals surface area contributed by atoms with Gasteiger partial charge in [0.15, 0.2) is 4.90 Å². The van der Waals surface area contributed by atoms with Crippen LogP contribution in [0.25, 0.3) is 22.3 Å². The summed E-state index contributed by atoms with van der Waals surface area (Å²) in [4.78, 5) is 6.78. The van der Waals surface area contributed by atoms with Gasteiger partial charge in [-0.05, 0) is 157 Å². The van der Waals surface area contributed by atoms with Gasteiger partial charge in [0.05, 0.1) is 11.4 Å². The largest absolute Gasteiger partial charge is 0.311 e. The molecule has 2 nitrogen and oxygen atoms in total. The molecule has 5 atom stereocenters. The summed E-state index contributed by atoms with van der Waals surface area (Å²) in [6.45, 7) is 10.1. The SMILES string of the molecule is C[SH+]c1ccc(-c2cc3c4c(c2)N2c5ccccc5C(C)(C)c5c6c(cc(c52)B4c2cccc4c2N3c2ccccc2C4(C)C)C2(c3ccccc3-6)C3C=C4CC5(CC52)C43)cc1. The fourth-order valence-corrected chi connectivity index (χ4v) is 16.4. The van der Waals surface area contributed by atoms with Crippen LogP contribution in [0.1, 0.15) is 73.9 Å². The van der Waals surface area contributed by atoms with E-state index in [4.69, 9.17) is 0 Å². The molecule has 3 saturated carbocycles. The van der Waals surface area contributed by atoms with E-state index in [0.717, 1.165) is 5.92 Å².